The van der Waals surface area contributed by atoms with Crippen molar-refractivity contribution in [3.8, 4) is 11.5 Å². The Kier molecular flexibility index (Phi) is 5.10. The van der Waals surface area contributed by atoms with Gasteiger partial charge in [-0.25, -0.2) is 12.8 Å². The summed E-state index contributed by atoms with van der Waals surface area (Å²) in [7, 11) is -1.36. The third kappa shape index (κ3) is 3.40. The van der Waals surface area contributed by atoms with Gasteiger partial charge in [0.05, 0.1) is 14.2 Å². The Morgan fingerprint density at radius 1 is 1.22 bits per heavy atom. The Balaban J connectivity index is 2.32. The van der Waals surface area contributed by atoms with Crippen LogP contribution in [-0.2, 0) is 14.8 Å². The van der Waals surface area contributed by atoms with Crippen LogP contribution in [0.15, 0.2) is 17.0 Å². The Bertz CT molecular complexity index is 699. The monoisotopic (exact) mass is 346 g/mol. The molecule has 2 rings (SSSR count). The number of primary amides is 1. The van der Waals surface area contributed by atoms with E-state index in [1.54, 1.807) is 0 Å². The maximum atomic E-state index is 14.2. The van der Waals surface area contributed by atoms with E-state index in [1.165, 1.54) is 14.2 Å². The van der Waals surface area contributed by atoms with Crippen LogP contribution in [0.5, 0.6) is 11.5 Å². The van der Waals surface area contributed by atoms with Crippen molar-refractivity contribution >= 4 is 15.9 Å². The Hall–Kier alpha value is -1.87. The number of amides is 1. The van der Waals surface area contributed by atoms with Gasteiger partial charge in [0.1, 0.15) is 10.7 Å². The molecule has 128 valence electrons. The average Bonchev–Trinajstić information content (AvgIpc) is 2.54. The molecule has 0 atom stereocenters. The number of hydrogen-bond donors (Lipinski definition) is 1. The van der Waals surface area contributed by atoms with Crippen molar-refractivity contribution in [2.75, 3.05) is 27.3 Å². The highest BCUT2D eigenvalue weighted by Gasteiger charge is 2.33. The number of nitrogens with two attached hydrogens (primary N) is 1. The van der Waals surface area contributed by atoms with Gasteiger partial charge >= 0.3 is 0 Å². The van der Waals surface area contributed by atoms with Crippen molar-refractivity contribution < 1.29 is 27.1 Å². The molecular formula is C14H19FN2O5S. The van der Waals surface area contributed by atoms with Crippen LogP contribution in [0.25, 0.3) is 0 Å². The van der Waals surface area contributed by atoms with E-state index in [-0.39, 0.29) is 30.5 Å². The van der Waals surface area contributed by atoms with E-state index in [4.69, 9.17) is 15.2 Å². The second-order valence-corrected chi connectivity index (χ2v) is 7.12. The molecule has 0 saturated carbocycles. The van der Waals surface area contributed by atoms with E-state index in [1.807, 2.05) is 0 Å². The highest BCUT2D eigenvalue weighted by atomic mass is 32.2. The van der Waals surface area contributed by atoms with Crippen molar-refractivity contribution in [2.45, 2.75) is 17.7 Å². The largest absolute Gasteiger partial charge is 0.493 e. The van der Waals surface area contributed by atoms with Gasteiger partial charge < -0.3 is 15.2 Å². The van der Waals surface area contributed by atoms with Gasteiger partial charge in [0.25, 0.3) is 0 Å². The molecule has 0 spiro atoms. The number of carbonyl (C=O) groups excluding carboxylic acids is 1. The summed E-state index contributed by atoms with van der Waals surface area (Å²) in [4.78, 5) is 10.7. The average molecular weight is 346 g/mol. The maximum absolute atomic E-state index is 14.2. The van der Waals surface area contributed by atoms with Crippen LogP contribution >= 0.6 is 0 Å². The van der Waals surface area contributed by atoms with Crippen LogP contribution in [-0.4, -0.2) is 45.9 Å². The topological polar surface area (TPSA) is 98.9 Å². The highest BCUT2D eigenvalue weighted by molar-refractivity contribution is 7.89. The summed E-state index contributed by atoms with van der Waals surface area (Å²) in [6, 6.07) is 2.07. The van der Waals surface area contributed by atoms with E-state index < -0.39 is 26.6 Å². The van der Waals surface area contributed by atoms with Gasteiger partial charge in [0, 0.05) is 31.1 Å². The highest BCUT2D eigenvalue weighted by Crippen LogP contribution is 2.34. The smallest absolute Gasteiger partial charge is 0.246 e. The molecule has 2 N–H and O–H groups in total. The second kappa shape index (κ2) is 6.71. The fourth-order valence-corrected chi connectivity index (χ4v) is 4.08. The summed E-state index contributed by atoms with van der Waals surface area (Å²) in [5.41, 5.74) is 5.23. The van der Waals surface area contributed by atoms with Gasteiger partial charge in [0.2, 0.25) is 15.9 Å². The summed E-state index contributed by atoms with van der Waals surface area (Å²) < 4.78 is 50.6. The van der Waals surface area contributed by atoms with Crippen molar-refractivity contribution in [2.24, 2.45) is 11.7 Å². The first kappa shape index (κ1) is 17.5. The van der Waals surface area contributed by atoms with E-state index in [2.05, 4.69) is 0 Å². The Labute approximate surface area is 134 Å². The minimum atomic E-state index is -4.03. The molecule has 9 heteroatoms. The lowest BCUT2D eigenvalue weighted by atomic mass is 9.98. The van der Waals surface area contributed by atoms with Gasteiger partial charge in [-0.15, -0.1) is 0 Å². The molecule has 23 heavy (non-hydrogen) atoms. The molecular weight excluding hydrogens is 327 g/mol. The molecule has 0 unspecified atom stereocenters. The molecule has 1 amide bonds. The normalized spacial score (nSPS) is 17.0. The van der Waals surface area contributed by atoms with Crippen LogP contribution < -0.4 is 15.2 Å². The van der Waals surface area contributed by atoms with E-state index in [0.717, 1.165) is 16.4 Å². The Morgan fingerprint density at radius 3 is 2.22 bits per heavy atom. The zero-order valence-corrected chi connectivity index (χ0v) is 13.7. The zero-order chi connectivity index (χ0) is 17.2. The number of rotatable bonds is 5. The molecule has 1 aliphatic rings. The minimum absolute atomic E-state index is 0.108. The first-order valence-electron chi connectivity index (χ1n) is 7.02. The molecule has 1 saturated heterocycles. The summed E-state index contributed by atoms with van der Waals surface area (Å²) in [6.07, 6.45) is 0.646. The third-order valence-corrected chi connectivity index (χ3v) is 5.83. The molecule has 1 aliphatic heterocycles. The van der Waals surface area contributed by atoms with Crippen molar-refractivity contribution in [3.05, 3.63) is 17.9 Å². The SMILES string of the molecule is COc1cc(F)c(S(=O)(=O)N2CCC(C(N)=O)CC2)cc1OC. The summed E-state index contributed by atoms with van der Waals surface area (Å²) in [6.45, 7) is 0.230. The summed E-state index contributed by atoms with van der Waals surface area (Å²) >= 11 is 0. The van der Waals surface area contributed by atoms with Gasteiger partial charge in [-0.3, -0.25) is 4.79 Å². The predicted molar refractivity (Wildman–Crippen MR) is 80.2 cm³/mol. The number of carbonyl (C=O) groups is 1. The van der Waals surface area contributed by atoms with Crippen molar-refractivity contribution in [1.82, 2.24) is 4.31 Å². The summed E-state index contributed by atoms with van der Waals surface area (Å²) in [5, 5.41) is 0. The lowest BCUT2D eigenvalue weighted by Gasteiger charge is -2.29. The van der Waals surface area contributed by atoms with Gasteiger partial charge in [-0.05, 0) is 12.8 Å². The standard InChI is InChI=1S/C14H19FN2O5S/c1-21-11-7-10(15)13(8-12(11)22-2)23(19,20)17-5-3-9(4-6-17)14(16)18/h7-9H,3-6H2,1-2H3,(H2,16,18). The number of sulfonamides is 1. The van der Waals surface area contributed by atoms with Gasteiger partial charge in [-0.1, -0.05) is 0 Å². The quantitative estimate of drug-likeness (QED) is 0.847. The molecule has 1 heterocycles. The van der Waals surface area contributed by atoms with Crippen LogP contribution in [0, 0.1) is 11.7 Å². The van der Waals surface area contributed by atoms with Crippen LogP contribution in [0.1, 0.15) is 12.8 Å². The van der Waals surface area contributed by atoms with E-state index >= 15 is 0 Å². The third-order valence-electron chi connectivity index (χ3n) is 3.91. The van der Waals surface area contributed by atoms with Crippen molar-refractivity contribution in [1.29, 1.82) is 0 Å². The summed E-state index contributed by atoms with van der Waals surface area (Å²) in [5.74, 6) is -1.48. The van der Waals surface area contributed by atoms with Gasteiger partial charge in [-0.2, -0.15) is 4.31 Å². The lowest BCUT2D eigenvalue weighted by Crippen LogP contribution is -2.41. The van der Waals surface area contributed by atoms with Crippen LogP contribution in [0.4, 0.5) is 4.39 Å². The minimum Gasteiger partial charge on any atom is -0.493 e. The number of ether oxygens (including phenoxy) is 2. The first-order chi connectivity index (χ1) is 10.8. The fourth-order valence-electron chi connectivity index (χ4n) is 2.55. The molecule has 1 aromatic rings. The molecule has 0 radical (unpaired) electrons. The van der Waals surface area contributed by atoms with E-state index in [9.17, 15) is 17.6 Å². The fraction of sp³-hybridized carbons (Fsp3) is 0.500. The Morgan fingerprint density at radius 2 is 1.74 bits per heavy atom. The molecule has 0 aliphatic carbocycles. The van der Waals surface area contributed by atoms with Crippen molar-refractivity contribution in [3.63, 3.8) is 0 Å². The molecule has 1 aromatic carbocycles. The molecule has 7 nitrogen and oxygen atoms in total. The number of hydrogen-bond acceptors (Lipinski definition) is 5. The van der Waals surface area contributed by atoms with Crippen LogP contribution in [0.2, 0.25) is 0 Å². The maximum Gasteiger partial charge on any atom is 0.246 e. The predicted octanol–water partition coefficient (Wildman–Crippen LogP) is 0.729. The number of benzene rings is 1. The zero-order valence-electron chi connectivity index (χ0n) is 12.9. The van der Waals surface area contributed by atoms with Gasteiger partial charge in [0.15, 0.2) is 11.5 Å². The number of halogens is 1. The lowest BCUT2D eigenvalue weighted by molar-refractivity contribution is -0.122. The van der Waals surface area contributed by atoms with Crippen LogP contribution in [0.3, 0.4) is 0 Å². The second-order valence-electron chi connectivity index (χ2n) is 5.22. The number of methoxy groups -OCH3 is 2. The molecule has 0 aromatic heterocycles. The first-order valence-corrected chi connectivity index (χ1v) is 8.46. The van der Waals surface area contributed by atoms with E-state index in [0.29, 0.717) is 12.8 Å². The number of piperidine rings is 1. The molecule has 1 fully saturated rings. The number of nitrogens with zero attached hydrogens (tertiary/aromatic N) is 1. The molecule has 0 bridgehead atoms.